The maximum atomic E-state index is 12.9. The summed E-state index contributed by atoms with van der Waals surface area (Å²) >= 11 is 0. The maximum Gasteiger partial charge on any atom is 0.478 e. The lowest BCUT2D eigenvalue weighted by Gasteiger charge is -2.08. The summed E-state index contributed by atoms with van der Waals surface area (Å²) in [6.45, 7) is 1.75. The van der Waals surface area contributed by atoms with E-state index in [9.17, 15) is 22.6 Å². The minimum absolute atomic E-state index is 0.0100. The van der Waals surface area contributed by atoms with Crippen LogP contribution >= 0.6 is 0 Å². The van der Waals surface area contributed by atoms with Gasteiger partial charge in [-0.1, -0.05) is 6.92 Å². The fourth-order valence-corrected chi connectivity index (χ4v) is 3.38. The molecule has 0 aliphatic heterocycles. The number of hydrogen-bond donors (Lipinski definition) is 0. The second-order valence-corrected chi connectivity index (χ2v) is 6.94. The smallest absolute Gasteiger partial charge is 0.478 e. The van der Waals surface area contributed by atoms with Crippen molar-refractivity contribution in [3.8, 4) is 11.5 Å². The zero-order valence-electron chi connectivity index (χ0n) is 13.2. The summed E-state index contributed by atoms with van der Waals surface area (Å²) in [4.78, 5) is 8.81. The molecule has 0 aliphatic carbocycles. The van der Waals surface area contributed by atoms with Gasteiger partial charge in [0.25, 0.3) is 0 Å². The number of imidazole rings is 1. The topological polar surface area (TPSA) is 74.7 Å². The molecule has 0 bridgehead atoms. The number of rotatable bonds is 3. The molecule has 1 atom stereocenters. The third-order valence-corrected chi connectivity index (χ3v) is 5.04. The summed E-state index contributed by atoms with van der Waals surface area (Å²) in [5, 5.41) is 11.7. The Kier molecular flexibility index (Phi) is 4.23. The molecule has 0 spiro atoms. The largest absolute Gasteiger partial charge is 0.618 e. The van der Waals surface area contributed by atoms with Crippen LogP contribution < -0.4 is 4.73 Å². The summed E-state index contributed by atoms with van der Waals surface area (Å²) < 4.78 is 52.2. The highest BCUT2D eigenvalue weighted by Crippen LogP contribution is 2.30. The van der Waals surface area contributed by atoms with E-state index in [0.717, 1.165) is 6.20 Å². The number of halogens is 3. The van der Waals surface area contributed by atoms with E-state index in [1.165, 1.54) is 10.8 Å². The Bertz CT molecular complexity index is 985. The standard InChI is InChI=1S/C15H13F3N4O2S/c1-3-25(24)11-5-4-6-19-13(11)14-20-9-7-12(15(16,17)18)22(23)8-10(9)21(14)2/h4-8H,3H2,1-2H3. The first-order valence-electron chi connectivity index (χ1n) is 7.24. The van der Waals surface area contributed by atoms with Crippen molar-refractivity contribution < 1.29 is 22.1 Å². The van der Waals surface area contributed by atoms with E-state index in [1.807, 2.05) is 0 Å². The molecule has 0 fully saturated rings. The Morgan fingerprint density at radius 3 is 2.76 bits per heavy atom. The Balaban J connectivity index is 2.26. The van der Waals surface area contributed by atoms with Gasteiger partial charge >= 0.3 is 11.9 Å². The highest BCUT2D eigenvalue weighted by molar-refractivity contribution is 7.85. The summed E-state index contributed by atoms with van der Waals surface area (Å²) in [6.07, 6.45) is -2.47. The summed E-state index contributed by atoms with van der Waals surface area (Å²) in [5.41, 5.74) is -0.803. The molecule has 1 unspecified atom stereocenters. The van der Waals surface area contributed by atoms with Crippen molar-refractivity contribution in [3.63, 3.8) is 0 Å². The van der Waals surface area contributed by atoms with E-state index in [1.54, 1.807) is 26.1 Å². The maximum absolute atomic E-state index is 12.9. The number of aryl methyl sites for hydroxylation is 1. The Morgan fingerprint density at radius 2 is 2.12 bits per heavy atom. The minimum atomic E-state index is -4.78. The van der Waals surface area contributed by atoms with Gasteiger partial charge in [-0.2, -0.15) is 17.9 Å². The van der Waals surface area contributed by atoms with Gasteiger partial charge in [-0.3, -0.25) is 9.19 Å². The fourth-order valence-electron chi connectivity index (χ4n) is 2.48. The van der Waals surface area contributed by atoms with Crippen LogP contribution in [0.5, 0.6) is 0 Å². The molecule has 0 amide bonds. The van der Waals surface area contributed by atoms with Crippen LogP contribution in [0.4, 0.5) is 13.2 Å². The first-order valence-corrected chi connectivity index (χ1v) is 8.56. The Morgan fingerprint density at radius 1 is 1.40 bits per heavy atom. The number of aromatic nitrogens is 4. The van der Waals surface area contributed by atoms with E-state index in [4.69, 9.17) is 0 Å². The molecule has 3 aromatic heterocycles. The Hall–Kier alpha value is -2.49. The zero-order chi connectivity index (χ0) is 18.4. The second-order valence-electron chi connectivity index (χ2n) is 5.23. The SMILES string of the molecule is CCS(=O)c1cccnc1-c1nc2cc(C(F)(F)F)[n+]([O-])cc2n1C. The average molecular weight is 370 g/mol. The van der Waals surface area contributed by atoms with Gasteiger partial charge in [0.1, 0.15) is 16.7 Å². The lowest BCUT2D eigenvalue weighted by Crippen LogP contribution is -2.36. The second kappa shape index (κ2) is 6.10. The van der Waals surface area contributed by atoms with Crippen LogP contribution in [-0.2, 0) is 24.0 Å². The molecule has 3 heterocycles. The van der Waals surface area contributed by atoms with Crippen molar-refractivity contribution in [2.45, 2.75) is 18.0 Å². The first-order chi connectivity index (χ1) is 11.7. The van der Waals surface area contributed by atoms with Gasteiger partial charge in [0.05, 0.1) is 15.7 Å². The van der Waals surface area contributed by atoms with E-state index in [0.29, 0.717) is 22.4 Å². The summed E-state index contributed by atoms with van der Waals surface area (Å²) in [6, 6.07) is 3.96. The molecule has 25 heavy (non-hydrogen) atoms. The van der Waals surface area contributed by atoms with Gasteiger partial charge < -0.3 is 9.77 Å². The van der Waals surface area contributed by atoms with Crippen LogP contribution in [0.15, 0.2) is 35.5 Å². The van der Waals surface area contributed by atoms with E-state index in [-0.39, 0.29) is 21.6 Å². The van der Waals surface area contributed by atoms with Crippen molar-refractivity contribution in [3.05, 3.63) is 41.5 Å². The number of pyridine rings is 2. The highest BCUT2D eigenvalue weighted by Gasteiger charge is 2.40. The molecule has 0 saturated heterocycles. The molecule has 132 valence electrons. The predicted molar refractivity (Wildman–Crippen MR) is 84.9 cm³/mol. The number of fused-ring (bicyclic) bond motifs is 1. The third kappa shape index (κ3) is 2.97. The van der Waals surface area contributed by atoms with Crippen LogP contribution in [0.1, 0.15) is 12.6 Å². The van der Waals surface area contributed by atoms with Gasteiger partial charge in [0.15, 0.2) is 5.82 Å². The monoisotopic (exact) mass is 370 g/mol. The third-order valence-electron chi connectivity index (χ3n) is 3.70. The van der Waals surface area contributed by atoms with Crippen LogP contribution in [-0.4, -0.2) is 24.5 Å². The first kappa shape index (κ1) is 17.3. The van der Waals surface area contributed by atoms with Gasteiger partial charge in [0.2, 0.25) is 6.20 Å². The highest BCUT2D eigenvalue weighted by atomic mass is 32.2. The molecule has 0 aromatic carbocycles. The van der Waals surface area contributed by atoms with Crippen LogP contribution in [0.25, 0.3) is 22.6 Å². The fraction of sp³-hybridized carbons (Fsp3) is 0.267. The van der Waals surface area contributed by atoms with E-state index in [2.05, 4.69) is 9.97 Å². The molecule has 0 saturated carbocycles. The molecule has 0 aliphatic rings. The molecule has 6 nitrogen and oxygen atoms in total. The molecular formula is C15H13F3N4O2S. The van der Waals surface area contributed by atoms with Crippen molar-refractivity contribution in [2.75, 3.05) is 5.75 Å². The van der Waals surface area contributed by atoms with Crippen LogP contribution in [0, 0.1) is 5.21 Å². The predicted octanol–water partition coefficient (Wildman–Crippen LogP) is 2.42. The molecular weight excluding hydrogens is 357 g/mol. The molecule has 3 aromatic rings. The lowest BCUT2D eigenvalue weighted by molar-refractivity contribution is -0.627. The van der Waals surface area contributed by atoms with Crippen molar-refractivity contribution in [2.24, 2.45) is 7.05 Å². The summed E-state index contributed by atoms with van der Waals surface area (Å²) in [5.74, 6) is 0.605. The normalized spacial score (nSPS) is 13.3. The molecule has 3 rings (SSSR count). The van der Waals surface area contributed by atoms with E-state index >= 15 is 0 Å². The number of hydrogen-bond acceptors (Lipinski definition) is 4. The number of nitrogens with zero attached hydrogens (tertiary/aromatic N) is 4. The van der Waals surface area contributed by atoms with Gasteiger partial charge in [-0.25, -0.2) is 4.98 Å². The van der Waals surface area contributed by atoms with Gasteiger partial charge in [0, 0.05) is 25.1 Å². The van der Waals surface area contributed by atoms with Gasteiger partial charge in [-0.15, -0.1) is 0 Å². The van der Waals surface area contributed by atoms with Gasteiger partial charge in [-0.05, 0) is 12.1 Å². The summed E-state index contributed by atoms with van der Waals surface area (Å²) in [7, 11) is 0.243. The lowest BCUT2D eigenvalue weighted by atomic mass is 10.3. The molecule has 0 radical (unpaired) electrons. The quantitative estimate of drug-likeness (QED) is 0.524. The van der Waals surface area contributed by atoms with Crippen molar-refractivity contribution in [1.29, 1.82) is 0 Å². The Labute approximate surface area is 143 Å². The van der Waals surface area contributed by atoms with E-state index < -0.39 is 22.7 Å². The van der Waals surface area contributed by atoms with Crippen LogP contribution in [0.2, 0.25) is 0 Å². The van der Waals surface area contributed by atoms with Crippen molar-refractivity contribution >= 4 is 21.8 Å². The minimum Gasteiger partial charge on any atom is -0.618 e. The number of alkyl halides is 3. The van der Waals surface area contributed by atoms with Crippen LogP contribution in [0.3, 0.4) is 0 Å². The molecule has 10 heteroatoms. The van der Waals surface area contributed by atoms with Crippen molar-refractivity contribution in [1.82, 2.24) is 14.5 Å². The average Bonchev–Trinajstić information content (AvgIpc) is 2.89. The molecule has 0 N–H and O–H groups in total. The zero-order valence-corrected chi connectivity index (χ0v) is 14.1.